The maximum absolute atomic E-state index is 11.1. The summed E-state index contributed by atoms with van der Waals surface area (Å²) < 4.78 is 0. The largest absolute Gasteiger partial charge is 0.480 e. The zero-order chi connectivity index (χ0) is 10.7. The number of likely N-dealkylation sites (N-methyl/N-ethyl adjacent to an activating group) is 1. The van der Waals surface area contributed by atoms with E-state index in [0.717, 1.165) is 17.9 Å². The Morgan fingerprint density at radius 1 is 1.57 bits per heavy atom. The number of thioether (sulfide) groups is 1. The molecule has 2 atom stereocenters. The molecule has 5 heteroatoms. The van der Waals surface area contributed by atoms with Gasteiger partial charge in [0.1, 0.15) is 6.04 Å². The van der Waals surface area contributed by atoms with Gasteiger partial charge in [-0.3, -0.25) is 4.79 Å². The second-order valence-electron chi connectivity index (χ2n) is 3.54. The van der Waals surface area contributed by atoms with Gasteiger partial charge in [0.25, 0.3) is 0 Å². The summed E-state index contributed by atoms with van der Waals surface area (Å²) in [5.74, 6) is 0.866. The molecule has 1 fully saturated rings. The molecule has 1 aliphatic heterocycles. The summed E-state index contributed by atoms with van der Waals surface area (Å²) in [6.45, 7) is 1.40. The average Bonchev–Trinajstić information content (AvgIpc) is 2.56. The average molecular weight is 217 g/mol. The molecule has 1 heterocycles. The van der Waals surface area contributed by atoms with Crippen LogP contribution in [0, 0.1) is 5.92 Å². The Labute approximate surface area is 87.7 Å². The molecule has 4 nitrogen and oxygen atoms in total. The third kappa shape index (κ3) is 2.41. The van der Waals surface area contributed by atoms with Crippen molar-refractivity contribution in [3.8, 4) is 0 Å². The maximum atomic E-state index is 11.1. The zero-order valence-corrected chi connectivity index (χ0v) is 9.21. The molecule has 1 rings (SSSR count). The predicted molar refractivity (Wildman–Crippen MR) is 55.3 cm³/mol. The van der Waals surface area contributed by atoms with Gasteiger partial charge >= 0.3 is 5.97 Å². The van der Waals surface area contributed by atoms with Crippen LogP contribution < -0.4 is 0 Å². The van der Waals surface area contributed by atoms with Crippen molar-refractivity contribution in [2.45, 2.75) is 19.4 Å². The van der Waals surface area contributed by atoms with Crippen LogP contribution in [0.25, 0.3) is 0 Å². The third-order valence-corrected chi connectivity index (χ3v) is 3.77. The van der Waals surface area contributed by atoms with Gasteiger partial charge in [0.2, 0.25) is 5.91 Å². The summed E-state index contributed by atoms with van der Waals surface area (Å²) in [6, 6.07) is -0.650. The van der Waals surface area contributed by atoms with Gasteiger partial charge in [-0.15, -0.1) is 0 Å². The molecule has 1 N–H and O–H groups in total. The summed E-state index contributed by atoms with van der Waals surface area (Å²) in [6.07, 6.45) is 0.888. The van der Waals surface area contributed by atoms with Gasteiger partial charge in [-0.25, -0.2) is 4.79 Å². The number of rotatable bonds is 3. The topological polar surface area (TPSA) is 57.6 Å². The van der Waals surface area contributed by atoms with E-state index in [1.807, 2.05) is 0 Å². The minimum atomic E-state index is -0.893. The van der Waals surface area contributed by atoms with Gasteiger partial charge in [-0.1, -0.05) is 0 Å². The highest BCUT2D eigenvalue weighted by atomic mass is 32.2. The van der Waals surface area contributed by atoms with Crippen molar-refractivity contribution in [3.05, 3.63) is 0 Å². The SMILES string of the molecule is CC(=O)N(C)C(C(=O)O)C1CCSC1. The van der Waals surface area contributed by atoms with Gasteiger partial charge in [-0.05, 0) is 23.8 Å². The molecular weight excluding hydrogens is 202 g/mol. The number of aliphatic carboxylic acids is 1. The lowest BCUT2D eigenvalue weighted by Gasteiger charge is -2.27. The number of carbonyl (C=O) groups is 2. The lowest BCUT2D eigenvalue weighted by atomic mass is 9.98. The van der Waals surface area contributed by atoms with E-state index in [1.165, 1.54) is 11.8 Å². The molecule has 14 heavy (non-hydrogen) atoms. The minimum absolute atomic E-state index is 0.103. The Morgan fingerprint density at radius 3 is 2.57 bits per heavy atom. The van der Waals surface area contributed by atoms with Crippen molar-refractivity contribution in [1.29, 1.82) is 0 Å². The number of nitrogens with zero attached hydrogens (tertiary/aromatic N) is 1. The van der Waals surface area contributed by atoms with Crippen molar-refractivity contribution in [3.63, 3.8) is 0 Å². The molecule has 2 unspecified atom stereocenters. The van der Waals surface area contributed by atoms with Crippen LogP contribution in [0.1, 0.15) is 13.3 Å². The van der Waals surface area contributed by atoms with Crippen molar-refractivity contribution >= 4 is 23.6 Å². The van der Waals surface area contributed by atoms with E-state index in [4.69, 9.17) is 5.11 Å². The number of amides is 1. The van der Waals surface area contributed by atoms with Crippen LogP contribution in [0.5, 0.6) is 0 Å². The highest BCUT2D eigenvalue weighted by molar-refractivity contribution is 7.99. The smallest absolute Gasteiger partial charge is 0.326 e. The fraction of sp³-hybridized carbons (Fsp3) is 0.778. The lowest BCUT2D eigenvalue weighted by molar-refractivity contribution is -0.150. The van der Waals surface area contributed by atoms with E-state index in [9.17, 15) is 9.59 Å². The summed E-state index contributed by atoms with van der Waals surface area (Å²) in [4.78, 5) is 23.5. The minimum Gasteiger partial charge on any atom is -0.480 e. The Hall–Kier alpha value is -0.710. The first-order valence-electron chi connectivity index (χ1n) is 4.58. The Morgan fingerprint density at radius 2 is 2.21 bits per heavy atom. The highest BCUT2D eigenvalue weighted by Gasteiger charge is 2.35. The van der Waals surface area contributed by atoms with Crippen molar-refractivity contribution in [2.75, 3.05) is 18.6 Å². The molecule has 1 saturated heterocycles. The van der Waals surface area contributed by atoms with Gasteiger partial charge in [0, 0.05) is 14.0 Å². The number of hydrogen-bond acceptors (Lipinski definition) is 3. The molecule has 0 aliphatic carbocycles. The first kappa shape index (κ1) is 11.4. The van der Waals surface area contributed by atoms with Crippen LogP contribution in [-0.4, -0.2) is 46.5 Å². The molecule has 0 aromatic heterocycles. The van der Waals surface area contributed by atoms with Crippen molar-refractivity contribution in [1.82, 2.24) is 4.90 Å². The van der Waals surface area contributed by atoms with E-state index in [-0.39, 0.29) is 11.8 Å². The standard InChI is InChI=1S/C9H15NO3S/c1-6(11)10(2)8(9(12)13)7-3-4-14-5-7/h7-8H,3-5H2,1-2H3,(H,12,13). The van der Waals surface area contributed by atoms with Crippen LogP contribution >= 0.6 is 11.8 Å². The molecule has 1 aliphatic rings. The third-order valence-electron chi connectivity index (χ3n) is 2.58. The second kappa shape index (κ2) is 4.68. The van der Waals surface area contributed by atoms with E-state index in [2.05, 4.69) is 0 Å². The molecule has 0 aromatic rings. The molecule has 1 amide bonds. The number of carboxylic acid groups (broad SMARTS) is 1. The quantitative estimate of drug-likeness (QED) is 0.755. The predicted octanol–water partition coefficient (Wildman–Crippen LogP) is 0.671. The van der Waals surface area contributed by atoms with Gasteiger partial charge in [-0.2, -0.15) is 11.8 Å². The van der Waals surface area contributed by atoms with Gasteiger partial charge < -0.3 is 10.0 Å². The fourth-order valence-corrected chi connectivity index (χ4v) is 2.97. The first-order chi connectivity index (χ1) is 6.54. The Kier molecular flexibility index (Phi) is 3.80. The first-order valence-corrected chi connectivity index (χ1v) is 5.73. The Bertz CT molecular complexity index is 238. The van der Waals surface area contributed by atoms with Crippen LogP contribution in [0.15, 0.2) is 0 Å². The molecule has 0 saturated carbocycles. The van der Waals surface area contributed by atoms with Gasteiger partial charge in [0.05, 0.1) is 0 Å². The summed E-state index contributed by atoms with van der Waals surface area (Å²) in [5, 5.41) is 9.05. The second-order valence-corrected chi connectivity index (χ2v) is 4.69. The molecule has 0 aromatic carbocycles. The lowest BCUT2D eigenvalue weighted by Crippen LogP contribution is -2.46. The van der Waals surface area contributed by atoms with Crippen molar-refractivity contribution < 1.29 is 14.7 Å². The molecule has 0 spiro atoms. The molecule has 0 bridgehead atoms. The summed E-state index contributed by atoms with van der Waals surface area (Å²) >= 11 is 1.76. The van der Waals surface area contributed by atoms with E-state index >= 15 is 0 Å². The van der Waals surface area contributed by atoms with Gasteiger partial charge in [0.15, 0.2) is 0 Å². The number of hydrogen-bond donors (Lipinski definition) is 1. The van der Waals surface area contributed by atoms with Crippen molar-refractivity contribution in [2.24, 2.45) is 5.92 Å². The summed E-state index contributed by atoms with van der Waals surface area (Å²) in [7, 11) is 1.56. The number of carbonyl (C=O) groups excluding carboxylic acids is 1. The van der Waals surface area contributed by atoms with Crippen LogP contribution in [0.2, 0.25) is 0 Å². The number of carboxylic acids is 1. The molecule has 80 valence electrons. The van der Waals surface area contributed by atoms with Crippen LogP contribution in [-0.2, 0) is 9.59 Å². The van der Waals surface area contributed by atoms with Crippen LogP contribution in [0.3, 0.4) is 0 Å². The Balaban J connectivity index is 2.72. The van der Waals surface area contributed by atoms with E-state index in [1.54, 1.807) is 18.8 Å². The molecular formula is C9H15NO3S. The monoisotopic (exact) mass is 217 g/mol. The van der Waals surface area contributed by atoms with E-state index in [0.29, 0.717) is 0 Å². The van der Waals surface area contributed by atoms with Crippen LogP contribution in [0.4, 0.5) is 0 Å². The maximum Gasteiger partial charge on any atom is 0.326 e. The summed E-state index contributed by atoms with van der Waals surface area (Å²) in [5.41, 5.74) is 0. The molecule has 0 radical (unpaired) electrons. The van der Waals surface area contributed by atoms with E-state index < -0.39 is 12.0 Å². The fourth-order valence-electron chi connectivity index (χ4n) is 1.68. The normalized spacial score (nSPS) is 23.1. The zero-order valence-electron chi connectivity index (χ0n) is 8.40. The highest BCUT2D eigenvalue weighted by Crippen LogP contribution is 2.28.